The second-order valence-corrected chi connectivity index (χ2v) is 7.44. The fourth-order valence-electron chi connectivity index (χ4n) is 3.72. The van der Waals surface area contributed by atoms with E-state index in [9.17, 15) is 9.90 Å². The first-order valence-electron chi connectivity index (χ1n) is 8.25. The lowest BCUT2D eigenvalue weighted by molar-refractivity contribution is -0.167. The molecule has 0 radical (unpaired) electrons. The highest BCUT2D eigenvalue weighted by atomic mass is 16.7. The van der Waals surface area contributed by atoms with Gasteiger partial charge in [-0.05, 0) is 46.5 Å². The Kier molecular flexibility index (Phi) is 5.49. The van der Waals surface area contributed by atoms with Gasteiger partial charge in [-0.25, -0.2) is 4.79 Å². The van der Waals surface area contributed by atoms with E-state index in [4.69, 9.17) is 0 Å². The standard InChI is InChI=1S/C16H30N2O3/c1-16(2,3)18(15(19)20)14-6-4-13(5-7-14)12-21-10-8-17-9-11-21/h13-14,17H,4-12H2,1-3H3/p+1. The zero-order valence-corrected chi connectivity index (χ0v) is 13.7. The van der Waals surface area contributed by atoms with Crippen molar-refractivity contribution in [2.75, 3.05) is 32.9 Å². The molecule has 2 fully saturated rings. The highest BCUT2D eigenvalue weighted by Gasteiger charge is 2.36. The highest BCUT2D eigenvalue weighted by Crippen LogP contribution is 2.32. The van der Waals surface area contributed by atoms with Crippen molar-refractivity contribution in [1.82, 2.24) is 10.2 Å². The van der Waals surface area contributed by atoms with Crippen molar-refractivity contribution >= 4 is 6.09 Å². The Morgan fingerprint density at radius 3 is 2.24 bits per heavy atom. The number of nitrogens with one attached hydrogen (secondary N) is 1. The highest BCUT2D eigenvalue weighted by molar-refractivity contribution is 5.66. The van der Waals surface area contributed by atoms with E-state index < -0.39 is 6.09 Å². The Balaban J connectivity index is 1.83. The van der Waals surface area contributed by atoms with Crippen molar-refractivity contribution in [3.8, 4) is 0 Å². The Labute approximate surface area is 128 Å². The molecule has 1 saturated carbocycles. The van der Waals surface area contributed by atoms with Crippen LogP contribution in [0.2, 0.25) is 0 Å². The molecule has 1 saturated heterocycles. The summed E-state index contributed by atoms with van der Waals surface area (Å²) in [6, 6.07) is 0.187. The van der Waals surface area contributed by atoms with Gasteiger partial charge < -0.3 is 19.7 Å². The van der Waals surface area contributed by atoms with E-state index in [0.717, 1.165) is 58.6 Å². The van der Waals surface area contributed by atoms with Crippen molar-refractivity contribution in [2.45, 2.75) is 58.0 Å². The van der Waals surface area contributed by atoms with Gasteiger partial charge in [0.25, 0.3) is 0 Å². The van der Waals surface area contributed by atoms with Gasteiger partial charge in [-0.1, -0.05) is 0 Å². The van der Waals surface area contributed by atoms with Crippen LogP contribution in [0.5, 0.6) is 0 Å². The Hall–Kier alpha value is -0.810. The first-order chi connectivity index (χ1) is 9.88. The van der Waals surface area contributed by atoms with E-state index in [1.54, 1.807) is 4.90 Å². The number of hydrogen-bond donors (Lipinski definition) is 2. The van der Waals surface area contributed by atoms with E-state index in [1.165, 1.54) is 0 Å². The van der Waals surface area contributed by atoms with Gasteiger partial charge in [0.05, 0.1) is 13.1 Å². The van der Waals surface area contributed by atoms with Gasteiger partial charge in [0.2, 0.25) is 0 Å². The van der Waals surface area contributed by atoms with Gasteiger partial charge in [-0.3, -0.25) is 0 Å². The summed E-state index contributed by atoms with van der Waals surface area (Å²) < 4.78 is 3.39. The van der Waals surface area contributed by atoms with Crippen LogP contribution >= 0.6 is 0 Å². The molecule has 2 rings (SSSR count). The molecule has 1 aliphatic carbocycles. The van der Waals surface area contributed by atoms with Crippen LogP contribution in [0, 0.1) is 5.92 Å². The molecule has 122 valence electrons. The minimum atomic E-state index is -0.776. The fraction of sp³-hybridized carbons (Fsp3) is 0.938. The first-order valence-corrected chi connectivity index (χ1v) is 8.25. The average molecular weight is 299 g/mol. The molecule has 1 amide bonds. The molecule has 0 aromatic carbocycles. The molecule has 21 heavy (non-hydrogen) atoms. The molecule has 1 heterocycles. The molecule has 2 N–H and O–H groups in total. The van der Waals surface area contributed by atoms with E-state index in [0.29, 0.717) is 5.92 Å². The molecule has 5 heteroatoms. The van der Waals surface area contributed by atoms with Gasteiger partial charge in [0, 0.05) is 17.5 Å². The molecule has 5 nitrogen and oxygen atoms in total. The molecule has 0 atom stereocenters. The number of nitrogens with zero attached hydrogens (tertiary/aromatic N) is 1. The third-order valence-corrected chi connectivity index (χ3v) is 4.72. The third kappa shape index (κ3) is 4.58. The molecule has 0 unspecified atom stereocenters. The van der Waals surface area contributed by atoms with E-state index >= 15 is 0 Å². The lowest BCUT2D eigenvalue weighted by atomic mass is 9.84. The SMILES string of the molecule is CC(C)(C)N(C(=O)O)C1CCC(C[O+]2CCNCC2)CC1. The summed E-state index contributed by atoms with van der Waals surface area (Å²) >= 11 is 0. The van der Waals surface area contributed by atoms with Crippen LogP contribution in [-0.4, -0.2) is 60.6 Å². The largest absolute Gasteiger partial charge is 0.465 e. The predicted octanol–water partition coefficient (Wildman–Crippen LogP) is 2.48. The number of rotatable bonds is 3. The van der Waals surface area contributed by atoms with E-state index in [1.807, 2.05) is 20.8 Å². The summed E-state index contributed by atoms with van der Waals surface area (Å²) in [5.41, 5.74) is -0.309. The maximum atomic E-state index is 11.6. The Morgan fingerprint density at radius 1 is 1.19 bits per heavy atom. The van der Waals surface area contributed by atoms with Gasteiger partial charge in [-0.15, -0.1) is 0 Å². The van der Waals surface area contributed by atoms with Crippen molar-refractivity contribution < 1.29 is 14.3 Å². The van der Waals surface area contributed by atoms with Gasteiger partial charge >= 0.3 is 6.09 Å². The summed E-state index contributed by atoms with van der Waals surface area (Å²) in [5, 5.41) is 12.9. The van der Waals surface area contributed by atoms with Crippen LogP contribution < -0.4 is 5.32 Å². The minimum absolute atomic E-state index is 0.187. The molecular formula is C16H31N2O3+. The van der Waals surface area contributed by atoms with Crippen LogP contribution in [0.4, 0.5) is 4.79 Å². The van der Waals surface area contributed by atoms with Crippen LogP contribution in [0.15, 0.2) is 0 Å². The Morgan fingerprint density at radius 2 is 1.76 bits per heavy atom. The lowest BCUT2D eigenvalue weighted by Gasteiger charge is -2.42. The number of amides is 1. The van der Waals surface area contributed by atoms with Crippen molar-refractivity contribution in [1.29, 1.82) is 0 Å². The monoisotopic (exact) mass is 299 g/mol. The quantitative estimate of drug-likeness (QED) is 0.787. The number of carboxylic acid groups (broad SMARTS) is 1. The van der Waals surface area contributed by atoms with Crippen molar-refractivity contribution in [3.05, 3.63) is 0 Å². The molecule has 0 spiro atoms. The summed E-state index contributed by atoms with van der Waals surface area (Å²) in [6.07, 6.45) is 3.51. The fourth-order valence-corrected chi connectivity index (χ4v) is 3.72. The first kappa shape index (κ1) is 16.6. The molecular weight excluding hydrogens is 268 g/mol. The van der Waals surface area contributed by atoms with Crippen molar-refractivity contribution in [3.63, 3.8) is 0 Å². The minimum Gasteiger partial charge on any atom is -0.465 e. The summed E-state index contributed by atoms with van der Waals surface area (Å²) in [6.45, 7) is 11.4. The maximum Gasteiger partial charge on any atom is 0.407 e. The van der Waals surface area contributed by atoms with Crippen LogP contribution in [0.25, 0.3) is 0 Å². The summed E-state index contributed by atoms with van der Waals surface area (Å²) in [5.74, 6) is 0.708. The third-order valence-electron chi connectivity index (χ3n) is 4.72. The smallest absolute Gasteiger partial charge is 0.407 e. The van der Waals surface area contributed by atoms with Crippen LogP contribution in [0.1, 0.15) is 46.5 Å². The van der Waals surface area contributed by atoms with Crippen LogP contribution in [0.3, 0.4) is 0 Å². The lowest BCUT2D eigenvalue weighted by Crippen LogP contribution is -2.52. The summed E-state index contributed by atoms with van der Waals surface area (Å²) in [4.78, 5) is 13.2. The van der Waals surface area contributed by atoms with E-state index in [-0.39, 0.29) is 11.6 Å². The predicted molar refractivity (Wildman–Crippen MR) is 83.9 cm³/mol. The molecule has 0 aromatic rings. The zero-order valence-electron chi connectivity index (χ0n) is 13.7. The normalized spacial score (nSPS) is 28.3. The molecule has 1 aliphatic heterocycles. The molecule has 0 bridgehead atoms. The molecule has 0 aromatic heterocycles. The number of hydrogen-bond acceptors (Lipinski definition) is 2. The average Bonchev–Trinajstić information content (AvgIpc) is 2.40. The zero-order chi connectivity index (χ0) is 15.5. The number of carbonyl (C=O) groups is 1. The summed E-state index contributed by atoms with van der Waals surface area (Å²) in [7, 11) is 0. The van der Waals surface area contributed by atoms with Crippen LogP contribution in [-0.2, 0) is 4.37 Å². The van der Waals surface area contributed by atoms with Gasteiger partial charge in [-0.2, -0.15) is 0 Å². The second-order valence-electron chi connectivity index (χ2n) is 7.44. The maximum absolute atomic E-state index is 11.6. The van der Waals surface area contributed by atoms with Gasteiger partial charge in [0.1, 0.15) is 6.61 Å². The molecule has 2 aliphatic rings. The second kappa shape index (κ2) is 6.97. The number of morpholine rings is 1. The van der Waals surface area contributed by atoms with Gasteiger partial charge in [0.15, 0.2) is 13.2 Å². The topological polar surface area (TPSA) is 55.3 Å². The van der Waals surface area contributed by atoms with Crippen molar-refractivity contribution in [2.24, 2.45) is 5.92 Å². The van der Waals surface area contributed by atoms with E-state index in [2.05, 4.69) is 9.68 Å². The Bertz CT molecular complexity index is 340.